The van der Waals surface area contributed by atoms with E-state index in [0.717, 1.165) is 42.2 Å². The Morgan fingerprint density at radius 1 is 0.983 bits per heavy atom. The fraction of sp³-hybridized carbons (Fsp3) is 0.488. The van der Waals surface area contributed by atoms with Gasteiger partial charge in [-0.3, -0.25) is 14.5 Å². The number of aliphatic hydroxyl groups is 3. The molecule has 6 N–H and O–H groups in total. The van der Waals surface area contributed by atoms with E-state index in [9.17, 15) is 34.8 Å². The molecule has 1 aliphatic carbocycles. The summed E-state index contributed by atoms with van der Waals surface area (Å²) in [6.07, 6.45) is -1.47. The molecule has 58 heavy (non-hydrogen) atoms. The van der Waals surface area contributed by atoms with Crippen LogP contribution in [0, 0.1) is 5.92 Å². The van der Waals surface area contributed by atoms with Crippen molar-refractivity contribution in [3.05, 3.63) is 71.1 Å². The zero-order valence-corrected chi connectivity index (χ0v) is 35.1. The lowest BCUT2D eigenvalue weighted by Gasteiger charge is -2.45. The number of benzene rings is 3. The van der Waals surface area contributed by atoms with E-state index in [2.05, 4.69) is 17.6 Å². The highest BCUT2D eigenvalue weighted by molar-refractivity contribution is 7.99. The average Bonchev–Trinajstić information content (AvgIpc) is 3.57. The minimum Gasteiger partial charge on any atom is -0.478 e. The second-order valence-corrected chi connectivity index (χ2v) is 16.9. The van der Waals surface area contributed by atoms with Crippen LogP contribution in [0.3, 0.4) is 0 Å². The van der Waals surface area contributed by atoms with Gasteiger partial charge in [0.25, 0.3) is 5.91 Å². The highest BCUT2D eigenvalue weighted by Crippen LogP contribution is 2.42. The maximum absolute atomic E-state index is 14.1. The molecule has 0 bridgehead atoms. The van der Waals surface area contributed by atoms with Crippen molar-refractivity contribution < 1.29 is 44.0 Å². The molecule has 2 saturated heterocycles. The number of nitrogens with one attached hydrogen (secondary N) is 2. The number of aromatic carboxylic acids is 1. The van der Waals surface area contributed by atoms with E-state index in [1.54, 1.807) is 25.3 Å². The van der Waals surface area contributed by atoms with Gasteiger partial charge in [-0.05, 0) is 74.9 Å². The molecule has 312 valence electrons. The highest BCUT2D eigenvalue weighted by atomic mass is 32.2. The number of nitrogens with zero attached hydrogens (tertiary/aromatic N) is 3. The number of carbonyl (C=O) groups is 3. The van der Waals surface area contributed by atoms with Crippen molar-refractivity contribution in [2.45, 2.75) is 81.1 Å². The number of fused-ring (bicyclic) bond motifs is 2. The smallest absolute Gasteiger partial charge is 0.336 e. The monoisotopic (exact) mass is 818 g/mol. The summed E-state index contributed by atoms with van der Waals surface area (Å²) in [7, 11) is 9.58. The van der Waals surface area contributed by atoms with Crippen LogP contribution in [0.15, 0.2) is 59.0 Å². The molecule has 6 rings (SSSR count). The molecule has 0 spiro atoms. The number of amides is 2. The fourth-order valence-electron chi connectivity index (χ4n) is 8.32. The number of thioether (sulfide) groups is 1. The van der Waals surface area contributed by atoms with Crippen molar-refractivity contribution >= 4 is 46.2 Å². The van der Waals surface area contributed by atoms with Crippen molar-refractivity contribution in [3.8, 4) is 22.5 Å². The number of ether oxygens (including phenoxy) is 1. The Bertz CT molecular complexity index is 2200. The van der Waals surface area contributed by atoms with Crippen molar-refractivity contribution in [1.29, 1.82) is 0 Å². The number of hydrogen-bond donors (Lipinski definition) is 6. The summed E-state index contributed by atoms with van der Waals surface area (Å²) in [5, 5.41) is 50.8. The molecule has 2 aromatic rings. The van der Waals surface area contributed by atoms with Crippen LogP contribution in [0.2, 0.25) is 0 Å². The van der Waals surface area contributed by atoms with Gasteiger partial charge in [0.2, 0.25) is 11.3 Å². The Labute approximate surface area is 342 Å². The van der Waals surface area contributed by atoms with Crippen LogP contribution in [0.5, 0.6) is 0 Å². The minimum absolute atomic E-state index is 0.0533. The first kappa shape index (κ1) is 43.1. The summed E-state index contributed by atoms with van der Waals surface area (Å²) in [5.41, 5.74) is 2.21. The van der Waals surface area contributed by atoms with Gasteiger partial charge in [0.1, 0.15) is 55.3 Å². The van der Waals surface area contributed by atoms with Gasteiger partial charge in [-0.25, -0.2) is 9.37 Å². The van der Waals surface area contributed by atoms with E-state index in [1.807, 2.05) is 86.0 Å². The van der Waals surface area contributed by atoms with Crippen molar-refractivity contribution in [3.63, 3.8) is 0 Å². The second-order valence-electron chi connectivity index (χ2n) is 16.0. The van der Waals surface area contributed by atoms with E-state index in [4.69, 9.17) is 9.15 Å². The zero-order chi connectivity index (χ0) is 42.2. The molecule has 2 amide bonds. The number of carboxylic acids is 1. The van der Waals surface area contributed by atoms with Crippen LogP contribution in [-0.2, 0) is 9.53 Å². The molecule has 3 heterocycles. The SMILES string of the molecule is CCC[C@@H]1C[C@@H](C(=O)N[C@@H]([C@H]2O[C@H](SC)[C@H](O)[C@@H](O)[C@H]2O)[C@@H](C)NC(=O)c2ccc(-c3c4ccc(=[N+](C)C)cc-4oc4cc(N(C)C)ccc34)c(C(=O)O)c2)N(C)C1. The predicted molar refractivity (Wildman–Crippen MR) is 225 cm³/mol. The van der Waals surface area contributed by atoms with E-state index in [0.29, 0.717) is 45.8 Å². The Morgan fingerprint density at radius 3 is 2.36 bits per heavy atom. The third-order valence-corrected chi connectivity index (χ3v) is 12.4. The molecule has 2 aromatic carbocycles. The van der Waals surface area contributed by atoms with Gasteiger partial charge in [-0.1, -0.05) is 19.4 Å². The number of carboxylic acid groups (broad SMARTS) is 1. The van der Waals surface area contributed by atoms with Crippen molar-refractivity contribution in [1.82, 2.24) is 20.1 Å². The molecule has 0 saturated carbocycles. The summed E-state index contributed by atoms with van der Waals surface area (Å²) >= 11 is 1.14. The Morgan fingerprint density at radius 2 is 1.71 bits per heavy atom. The molecule has 0 unspecified atom stereocenters. The van der Waals surface area contributed by atoms with Crippen molar-refractivity contribution in [2.75, 3.05) is 52.9 Å². The van der Waals surface area contributed by atoms with Crippen LogP contribution in [0.4, 0.5) is 5.69 Å². The quantitative estimate of drug-likeness (QED) is 0.0909. The molecular weight excluding hydrogens is 763 g/mol. The molecule has 4 aliphatic rings. The van der Waals surface area contributed by atoms with Crippen LogP contribution in [0.1, 0.15) is 53.8 Å². The van der Waals surface area contributed by atoms with Gasteiger partial charge in [-0.15, -0.1) is 11.8 Å². The van der Waals surface area contributed by atoms with Crippen LogP contribution < -0.4 is 25.5 Å². The molecular formula is C43H56N5O9S+. The van der Waals surface area contributed by atoms with Crippen LogP contribution >= 0.6 is 11.8 Å². The van der Waals surface area contributed by atoms with Crippen molar-refractivity contribution in [2.24, 2.45) is 5.92 Å². The summed E-state index contributed by atoms with van der Waals surface area (Å²) in [5.74, 6) is -1.28. The van der Waals surface area contributed by atoms with Gasteiger partial charge < -0.3 is 45.1 Å². The third-order valence-electron chi connectivity index (χ3n) is 11.5. The Kier molecular flexibility index (Phi) is 13.2. The average molecular weight is 819 g/mol. The second kappa shape index (κ2) is 17.8. The lowest BCUT2D eigenvalue weighted by atomic mass is 9.89. The largest absolute Gasteiger partial charge is 0.478 e. The molecule has 15 heteroatoms. The standard InChI is InChI=1S/C43H55N5O9S/c1-9-10-23-17-31(48(7)21-23)41(53)45-35(39-37(50)36(49)38(51)43(57-39)58-8)22(2)44-40(52)24-11-14-27(30(18-24)42(54)55)34-28-15-12-25(46(3)4)19-32(28)56-33-20-26(47(5)6)13-16-29(33)34/h11-16,18-20,22-23,31,35-39,43,49-51H,9-10,17,21H2,1-8H3,(H2-,44,45,52,53,54,55)/p+1/t22-,23-,31+,35-,36+,37-,38-,39-,43-/m1/s1. The Hall–Kier alpha value is -4.51. The lowest BCUT2D eigenvalue weighted by Crippen LogP contribution is -2.67. The van der Waals surface area contributed by atoms with Crippen LogP contribution in [0.25, 0.3) is 33.4 Å². The maximum atomic E-state index is 14.1. The first-order chi connectivity index (χ1) is 27.5. The number of likely N-dealkylation sites (N-methyl/N-ethyl adjacent to an activating group) is 1. The van der Waals surface area contributed by atoms with Gasteiger partial charge >= 0.3 is 5.97 Å². The fourth-order valence-corrected chi connectivity index (χ4v) is 9.00. The Balaban J connectivity index is 1.36. The molecule has 0 radical (unpaired) electrons. The zero-order valence-electron chi connectivity index (χ0n) is 34.3. The normalized spacial score (nSPS) is 24.7. The maximum Gasteiger partial charge on any atom is 0.336 e. The molecule has 14 nitrogen and oxygen atoms in total. The van der Waals surface area contributed by atoms with E-state index < -0.39 is 59.9 Å². The number of rotatable bonds is 12. The first-order valence-corrected chi connectivity index (χ1v) is 20.9. The third kappa shape index (κ3) is 8.61. The summed E-state index contributed by atoms with van der Waals surface area (Å²) in [6.45, 7) is 4.50. The molecule has 0 aromatic heterocycles. The van der Waals surface area contributed by atoms with Gasteiger partial charge in [0, 0.05) is 66.6 Å². The van der Waals surface area contributed by atoms with Gasteiger partial charge in [-0.2, -0.15) is 0 Å². The topological polar surface area (TPSA) is 188 Å². The van der Waals surface area contributed by atoms with E-state index >= 15 is 0 Å². The number of anilines is 1. The lowest BCUT2D eigenvalue weighted by molar-refractivity contribution is -0.206. The van der Waals surface area contributed by atoms with Gasteiger partial charge in [0.05, 0.1) is 23.7 Å². The minimum atomic E-state index is -1.60. The van der Waals surface area contributed by atoms with Crippen LogP contribution in [-0.4, -0.2) is 139 Å². The number of carbonyl (C=O) groups excluding carboxylic acids is 2. The van der Waals surface area contributed by atoms with Gasteiger partial charge in [0.15, 0.2) is 0 Å². The summed E-state index contributed by atoms with van der Waals surface area (Å²) in [6, 6.07) is 13.6. The molecule has 9 atom stereocenters. The summed E-state index contributed by atoms with van der Waals surface area (Å²) < 4.78 is 14.5. The first-order valence-electron chi connectivity index (χ1n) is 19.6. The highest BCUT2D eigenvalue weighted by Gasteiger charge is 2.49. The summed E-state index contributed by atoms with van der Waals surface area (Å²) in [4.78, 5) is 45.0. The predicted octanol–water partition coefficient (Wildman–Crippen LogP) is 2.89. The van der Waals surface area contributed by atoms with E-state index in [1.165, 1.54) is 6.07 Å². The van der Waals surface area contributed by atoms with E-state index in [-0.39, 0.29) is 17.0 Å². The number of aliphatic hydroxyl groups excluding tert-OH is 3. The number of hydrogen-bond acceptors (Lipinski definition) is 11. The number of likely N-dealkylation sites (tertiary alicyclic amines) is 1. The molecule has 2 fully saturated rings. The molecule has 3 aliphatic heterocycles.